The lowest BCUT2D eigenvalue weighted by molar-refractivity contribution is 0.104. The number of allylic oxidation sites excluding steroid dienone is 1. The molecular weight excluding hydrogens is 416 g/mol. The van der Waals surface area contributed by atoms with Gasteiger partial charge in [-0.1, -0.05) is 29.5 Å². The Hall–Kier alpha value is -4.33. The Balaban J connectivity index is 1.55. The van der Waals surface area contributed by atoms with Crippen LogP contribution in [0.5, 0.6) is 11.5 Å². The van der Waals surface area contributed by atoms with Gasteiger partial charge in [0.05, 0.1) is 19.0 Å². The number of aromatic nitrogens is 3. The molecule has 0 saturated heterocycles. The molecule has 4 rings (SSSR count). The molecule has 160 valence electrons. The van der Waals surface area contributed by atoms with Crippen molar-refractivity contribution in [3.8, 4) is 28.4 Å². The number of nitrogens with zero attached hydrogens (tertiary/aromatic N) is 3. The maximum atomic E-state index is 13.5. The van der Waals surface area contributed by atoms with Crippen molar-refractivity contribution in [2.24, 2.45) is 0 Å². The molecule has 0 spiro atoms. The zero-order valence-corrected chi connectivity index (χ0v) is 16.9. The highest BCUT2D eigenvalue weighted by molar-refractivity contribution is 6.07. The van der Waals surface area contributed by atoms with Gasteiger partial charge < -0.3 is 9.84 Å². The molecule has 1 N–H and O–H groups in total. The zero-order chi connectivity index (χ0) is 22.7. The number of hydrogen-bond acceptors (Lipinski definition) is 5. The van der Waals surface area contributed by atoms with Gasteiger partial charge in [0.25, 0.3) is 0 Å². The van der Waals surface area contributed by atoms with Crippen molar-refractivity contribution in [1.82, 2.24) is 15.0 Å². The fourth-order valence-corrected chi connectivity index (χ4v) is 3.10. The van der Waals surface area contributed by atoms with Crippen LogP contribution in [0.3, 0.4) is 0 Å². The lowest BCUT2D eigenvalue weighted by atomic mass is 10.1. The van der Waals surface area contributed by atoms with Crippen molar-refractivity contribution in [1.29, 1.82) is 0 Å². The third kappa shape index (κ3) is 4.54. The molecule has 3 aromatic carbocycles. The Morgan fingerprint density at radius 1 is 1.06 bits per heavy atom. The molecule has 0 radical (unpaired) electrons. The largest absolute Gasteiger partial charge is 0.504 e. The standard InChI is InChI=1S/C24H17F2N3O3/c1-32-24-8-6-15(9-23(24)31)5-7-22(30)16-3-2-4-20(12-16)29-14-21(27-28-29)17-10-18(25)13-19(26)11-17/h2-14,31H,1H3/b7-5+. The van der Waals surface area contributed by atoms with E-state index in [9.17, 15) is 18.7 Å². The SMILES string of the molecule is COc1ccc(/C=C/C(=O)c2cccc(-n3cc(-c4cc(F)cc(F)c4)nn3)c2)cc1O. The number of phenols is 1. The molecule has 32 heavy (non-hydrogen) atoms. The van der Waals surface area contributed by atoms with Crippen molar-refractivity contribution < 1.29 is 23.4 Å². The summed E-state index contributed by atoms with van der Waals surface area (Å²) in [5.74, 6) is -1.36. The van der Waals surface area contributed by atoms with Crippen LogP contribution in [0.25, 0.3) is 23.0 Å². The number of hydrogen-bond donors (Lipinski definition) is 1. The lowest BCUT2D eigenvalue weighted by Gasteiger charge is -2.04. The fourth-order valence-electron chi connectivity index (χ4n) is 3.10. The van der Waals surface area contributed by atoms with E-state index in [4.69, 9.17) is 4.74 Å². The number of methoxy groups -OCH3 is 1. The van der Waals surface area contributed by atoms with Crippen LogP contribution in [0.4, 0.5) is 8.78 Å². The molecule has 0 unspecified atom stereocenters. The summed E-state index contributed by atoms with van der Waals surface area (Å²) in [4.78, 5) is 12.6. The third-order valence-corrected chi connectivity index (χ3v) is 4.68. The summed E-state index contributed by atoms with van der Waals surface area (Å²) >= 11 is 0. The van der Waals surface area contributed by atoms with Crippen molar-refractivity contribution in [2.45, 2.75) is 0 Å². The Morgan fingerprint density at radius 2 is 1.84 bits per heavy atom. The van der Waals surface area contributed by atoms with E-state index in [0.29, 0.717) is 28.3 Å². The molecule has 6 nitrogen and oxygen atoms in total. The summed E-state index contributed by atoms with van der Waals surface area (Å²) in [5, 5.41) is 17.8. The second-order valence-electron chi connectivity index (χ2n) is 6.89. The number of ketones is 1. The second-order valence-corrected chi connectivity index (χ2v) is 6.89. The second kappa shape index (κ2) is 8.81. The third-order valence-electron chi connectivity index (χ3n) is 4.68. The molecular formula is C24H17F2N3O3. The molecule has 1 heterocycles. The van der Waals surface area contributed by atoms with Crippen molar-refractivity contribution in [2.75, 3.05) is 7.11 Å². The number of benzene rings is 3. The van der Waals surface area contributed by atoms with E-state index in [2.05, 4.69) is 10.3 Å². The van der Waals surface area contributed by atoms with Crippen molar-refractivity contribution >= 4 is 11.9 Å². The normalized spacial score (nSPS) is 11.1. The maximum Gasteiger partial charge on any atom is 0.185 e. The van der Waals surface area contributed by atoms with Gasteiger partial charge in [0.15, 0.2) is 17.3 Å². The van der Waals surface area contributed by atoms with Crippen LogP contribution in [0.1, 0.15) is 15.9 Å². The predicted molar refractivity (Wildman–Crippen MR) is 115 cm³/mol. The highest BCUT2D eigenvalue weighted by Crippen LogP contribution is 2.27. The number of carbonyl (C=O) groups is 1. The van der Waals surface area contributed by atoms with Crippen LogP contribution in [0, 0.1) is 11.6 Å². The summed E-state index contributed by atoms with van der Waals surface area (Å²) in [5.41, 5.74) is 2.15. The van der Waals surface area contributed by atoms with E-state index in [1.807, 2.05) is 0 Å². The molecule has 1 aromatic heterocycles. The predicted octanol–water partition coefficient (Wildman–Crippen LogP) is 4.82. The first-order valence-corrected chi connectivity index (χ1v) is 9.51. The summed E-state index contributed by atoms with van der Waals surface area (Å²) < 4.78 is 33.4. The number of aromatic hydroxyl groups is 1. The topological polar surface area (TPSA) is 77.2 Å². The van der Waals surface area contributed by atoms with Gasteiger partial charge in [-0.25, -0.2) is 13.5 Å². The minimum atomic E-state index is -0.709. The number of halogens is 2. The smallest absolute Gasteiger partial charge is 0.185 e. The summed E-state index contributed by atoms with van der Waals surface area (Å²) in [6, 6.07) is 14.6. The van der Waals surface area contributed by atoms with Crippen LogP contribution < -0.4 is 4.74 Å². The van der Waals surface area contributed by atoms with Crippen LogP contribution in [-0.2, 0) is 0 Å². The molecule has 0 aliphatic rings. The van der Waals surface area contributed by atoms with E-state index in [-0.39, 0.29) is 17.1 Å². The first kappa shape index (κ1) is 20.9. The van der Waals surface area contributed by atoms with Gasteiger partial charge in [0.1, 0.15) is 17.3 Å². The van der Waals surface area contributed by atoms with E-state index in [1.54, 1.807) is 42.5 Å². The average Bonchev–Trinajstić information content (AvgIpc) is 3.27. The molecule has 0 saturated carbocycles. The van der Waals surface area contributed by atoms with Gasteiger partial charge >= 0.3 is 0 Å². The Bertz CT molecular complexity index is 1310. The molecule has 0 aliphatic carbocycles. The molecule has 8 heteroatoms. The highest BCUT2D eigenvalue weighted by Gasteiger charge is 2.10. The summed E-state index contributed by atoms with van der Waals surface area (Å²) in [6.45, 7) is 0. The van der Waals surface area contributed by atoms with Crippen molar-refractivity contribution in [3.63, 3.8) is 0 Å². The first-order chi connectivity index (χ1) is 15.4. The van der Waals surface area contributed by atoms with Crippen LogP contribution in [-0.4, -0.2) is 33.0 Å². The summed E-state index contributed by atoms with van der Waals surface area (Å²) in [7, 11) is 1.45. The quantitative estimate of drug-likeness (QED) is 0.348. The van der Waals surface area contributed by atoms with E-state index < -0.39 is 11.6 Å². The minimum Gasteiger partial charge on any atom is -0.504 e. The molecule has 4 aromatic rings. The molecule has 0 atom stereocenters. The highest BCUT2D eigenvalue weighted by atomic mass is 19.1. The number of rotatable bonds is 6. The fraction of sp³-hybridized carbons (Fsp3) is 0.0417. The molecule has 0 bridgehead atoms. The Morgan fingerprint density at radius 3 is 2.56 bits per heavy atom. The molecule has 0 amide bonds. The minimum absolute atomic E-state index is 0.0238. The molecule has 0 aliphatic heterocycles. The Kier molecular flexibility index (Phi) is 5.76. The van der Waals surface area contributed by atoms with Crippen LogP contribution >= 0.6 is 0 Å². The summed E-state index contributed by atoms with van der Waals surface area (Å²) in [6.07, 6.45) is 4.50. The van der Waals surface area contributed by atoms with Gasteiger partial charge in [0.2, 0.25) is 0 Å². The number of carbonyl (C=O) groups excluding carboxylic acids is 1. The van der Waals surface area contributed by atoms with Gasteiger partial charge in [-0.15, -0.1) is 5.10 Å². The van der Waals surface area contributed by atoms with Crippen LogP contribution in [0.15, 0.2) is 72.9 Å². The monoisotopic (exact) mass is 433 g/mol. The molecule has 0 fully saturated rings. The van der Waals surface area contributed by atoms with Crippen LogP contribution in [0.2, 0.25) is 0 Å². The van der Waals surface area contributed by atoms with Gasteiger partial charge in [-0.2, -0.15) is 0 Å². The van der Waals surface area contributed by atoms with Gasteiger partial charge in [0, 0.05) is 17.2 Å². The average molecular weight is 433 g/mol. The Labute approximate surface area is 182 Å². The number of ether oxygens (including phenoxy) is 1. The van der Waals surface area contributed by atoms with E-state index >= 15 is 0 Å². The van der Waals surface area contributed by atoms with E-state index in [0.717, 1.165) is 6.07 Å². The van der Waals surface area contributed by atoms with Gasteiger partial charge in [-0.05, 0) is 48.0 Å². The maximum absolute atomic E-state index is 13.5. The lowest BCUT2D eigenvalue weighted by Crippen LogP contribution is -1.99. The van der Waals surface area contributed by atoms with E-state index in [1.165, 1.54) is 42.3 Å². The number of phenolic OH excluding ortho intramolecular Hbond substituents is 1. The van der Waals surface area contributed by atoms with Crippen molar-refractivity contribution in [3.05, 3.63) is 95.7 Å². The van der Waals surface area contributed by atoms with Gasteiger partial charge in [-0.3, -0.25) is 4.79 Å². The first-order valence-electron chi connectivity index (χ1n) is 9.51. The zero-order valence-electron chi connectivity index (χ0n) is 16.9.